The molecular weight excluding hydrogens is 290 g/mol. The molecule has 2 fully saturated rings. The largest absolute Gasteiger partial charge is 0.345 e. The Morgan fingerprint density at radius 2 is 2.09 bits per heavy atom. The Labute approximate surface area is 132 Å². The third kappa shape index (κ3) is 1.84. The first-order valence-electron chi connectivity index (χ1n) is 8.11. The molecule has 2 bridgehead atoms. The number of amides is 1. The van der Waals surface area contributed by atoms with Crippen molar-refractivity contribution >= 4 is 16.9 Å². The van der Waals surface area contributed by atoms with Crippen LogP contribution in [0.3, 0.4) is 0 Å². The van der Waals surface area contributed by atoms with Gasteiger partial charge in [-0.25, -0.2) is 4.98 Å². The summed E-state index contributed by atoms with van der Waals surface area (Å²) in [6.45, 7) is 0. The van der Waals surface area contributed by atoms with E-state index in [2.05, 4.69) is 25.1 Å². The van der Waals surface area contributed by atoms with E-state index in [0.717, 1.165) is 40.7 Å². The zero-order valence-electron chi connectivity index (χ0n) is 12.6. The molecular formula is C17H17N5O. The number of hydrogen-bond donors (Lipinski definition) is 2. The number of hydrogen-bond acceptors (Lipinski definition) is 3. The number of nitrogens with one attached hydrogen (secondary N) is 2. The summed E-state index contributed by atoms with van der Waals surface area (Å²) in [6.07, 6.45) is 10.1. The van der Waals surface area contributed by atoms with Gasteiger partial charge in [0.15, 0.2) is 0 Å². The van der Waals surface area contributed by atoms with Crippen LogP contribution in [0.4, 0.5) is 0 Å². The maximum absolute atomic E-state index is 12.9. The van der Waals surface area contributed by atoms with Gasteiger partial charge in [-0.2, -0.15) is 5.10 Å². The molecule has 116 valence electrons. The molecule has 5 rings (SSSR count). The Morgan fingerprint density at radius 1 is 1.22 bits per heavy atom. The molecule has 3 aromatic heterocycles. The molecule has 0 saturated carbocycles. The van der Waals surface area contributed by atoms with Crippen molar-refractivity contribution in [3.63, 3.8) is 0 Å². The lowest BCUT2D eigenvalue weighted by atomic mass is 9.79. The maximum Gasteiger partial charge on any atom is 0.256 e. The molecule has 0 aromatic carbocycles. The van der Waals surface area contributed by atoms with Crippen molar-refractivity contribution in [2.75, 3.05) is 0 Å². The number of pyridine rings is 1. The Kier molecular flexibility index (Phi) is 2.62. The monoisotopic (exact) mass is 307 g/mol. The fourth-order valence-corrected chi connectivity index (χ4v) is 4.01. The van der Waals surface area contributed by atoms with E-state index in [-0.39, 0.29) is 5.91 Å². The molecule has 2 aliphatic heterocycles. The van der Waals surface area contributed by atoms with Gasteiger partial charge in [-0.3, -0.25) is 9.89 Å². The van der Waals surface area contributed by atoms with Crippen LogP contribution in [0.25, 0.3) is 22.3 Å². The quantitative estimate of drug-likeness (QED) is 0.764. The van der Waals surface area contributed by atoms with Crippen molar-refractivity contribution in [1.29, 1.82) is 0 Å². The van der Waals surface area contributed by atoms with Crippen LogP contribution in [0.5, 0.6) is 0 Å². The topological polar surface area (TPSA) is 77.7 Å². The average molecular weight is 307 g/mol. The zero-order chi connectivity index (χ0) is 15.4. The van der Waals surface area contributed by atoms with E-state index in [4.69, 9.17) is 0 Å². The highest BCUT2D eigenvalue weighted by Gasteiger charge is 2.44. The average Bonchev–Trinajstić information content (AvgIpc) is 3.24. The van der Waals surface area contributed by atoms with Gasteiger partial charge in [-0.1, -0.05) is 0 Å². The van der Waals surface area contributed by atoms with Gasteiger partial charge in [0.25, 0.3) is 5.91 Å². The van der Waals surface area contributed by atoms with Gasteiger partial charge in [0.05, 0.1) is 17.5 Å². The number of carbonyl (C=O) groups excluding carboxylic acids is 1. The second-order valence-corrected chi connectivity index (χ2v) is 6.47. The first-order valence-corrected chi connectivity index (χ1v) is 8.11. The third-order valence-electron chi connectivity index (χ3n) is 5.20. The summed E-state index contributed by atoms with van der Waals surface area (Å²) in [6, 6.07) is 4.81. The fourth-order valence-electron chi connectivity index (χ4n) is 4.01. The third-order valence-corrected chi connectivity index (χ3v) is 5.20. The number of aromatic amines is 2. The van der Waals surface area contributed by atoms with Gasteiger partial charge in [0, 0.05) is 35.4 Å². The van der Waals surface area contributed by atoms with Gasteiger partial charge < -0.3 is 9.88 Å². The first-order chi connectivity index (χ1) is 11.3. The molecule has 2 saturated heterocycles. The van der Waals surface area contributed by atoms with Crippen molar-refractivity contribution in [3.8, 4) is 11.3 Å². The minimum absolute atomic E-state index is 0.148. The first kappa shape index (κ1) is 12.9. The lowest BCUT2D eigenvalue weighted by Crippen LogP contribution is -2.60. The molecule has 2 N–H and O–H groups in total. The summed E-state index contributed by atoms with van der Waals surface area (Å²) in [4.78, 5) is 22.7. The number of piperidine rings is 1. The number of H-pyrrole nitrogens is 2. The van der Waals surface area contributed by atoms with Crippen LogP contribution in [0.1, 0.15) is 36.0 Å². The molecule has 3 aromatic rings. The standard InChI is InChI=1S/C17H17N5O/c23-17(22-11-2-1-3-12(22)6-11)14-9-18-16-13(14)4-5-15(21-16)10-7-19-20-8-10/h4-5,7-9,11-12H,1-3,6H2,(H,18,21)(H,19,20). The van der Waals surface area contributed by atoms with Crippen molar-refractivity contribution in [2.45, 2.75) is 37.8 Å². The Balaban J connectivity index is 1.52. The lowest BCUT2D eigenvalue weighted by molar-refractivity contribution is -0.0114. The van der Waals surface area contributed by atoms with Crippen LogP contribution in [0, 0.1) is 0 Å². The van der Waals surface area contributed by atoms with E-state index in [1.165, 1.54) is 12.8 Å². The van der Waals surface area contributed by atoms with E-state index in [0.29, 0.717) is 12.1 Å². The number of rotatable bonds is 2. The highest BCUT2D eigenvalue weighted by Crippen LogP contribution is 2.39. The second kappa shape index (κ2) is 4.68. The Bertz CT molecular complexity index is 868. The maximum atomic E-state index is 12.9. The fraction of sp³-hybridized carbons (Fsp3) is 0.353. The smallest absolute Gasteiger partial charge is 0.256 e. The summed E-state index contributed by atoms with van der Waals surface area (Å²) in [5.41, 5.74) is 3.26. The number of carbonyl (C=O) groups is 1. The lowest BCUT2D eigenvalue weighted by Gasteiger charge is -2.52. The molecule has 0 spiro atoms. The molecule has 2 aliphatic rings. The van der Waals surface area contributed by atoms with Gasteiger partial charge in [0.2, 0.25) is 0 Å². The second-order valence-electron chi connectivity index (χ2n) is 6.47. The van der Waals surface area contributed by atoms with Crippen molar-refractivity contribution in [2.24, 2.45) is 0 Å². The van der Waals surface area contributed by atoms with Crippen LogP contribution < -0.4 is 0 Å². The van der Waals surface area contributed by atoms with E-state index in [1.54, 1.807) is 12.4 Å². The molecule has 6 nitrogen and oxygen atoms in total. The number of nitrogens with zero attached hydrogens (tertiary/aromatic N) is 3. The van der Waals surface area contributed by atoms with E-state index < -0.39 is 0 Å². The van der Waals surface area contributed by atoms with Gasteiger partial charge in [-0.05, 0) is 37.8 Å². The Morgan fingerprint density at radius 3 is 2.83 bits per heavy atom. The van der Waals surface area contributed by atoms with E-state index >= 15 is 0 Å². The highest BCUT2D eigenvalue weighted by atomic mass is 16.2. The van der Waals surface area contributed by atoms with Gasteiger partial charge in [0.1, 0.15) is 5.65 Å². The summed E-state index contributed by atoms with van der Waals surface area (Å²) in [5.74, 6) is 0.148. The molecule has 5 heterocycles. The predicted octanol–water partition coefficient (Wildman–Crippen LogP) is 2.72. The van der Waals surface area contributed by atoms with Gasteiger partial charge >= 0.3 is 0 Å². The van der Waals surface area contributed by atoms with Crippen molar-refractivity contribution < 1.29 is 4.79 Å². The summed E-state index contributed by atoms with van der Waals surface area (Å²) < 4.78 is 0. The summed E-state index contributed by atoms with van der Waals surface area (Å²) >= 11 is 0. The van der Waals surface area contributed by atoms with Crippen molar-refractivity contribution in [3.05, 3.63) is 36.3 Å². The van der Waals surface area contributed by atoms with Gasteiger partial charge in [-0.15, -0.1) is 0 Å². The molecule has 0 radical (unpaired) electrons. The normalized spacial score (nSPS) is 23.0. The molecule has 2 atom stereocenters. The van der Waals surface area contributed by atoms with Crippen LogP contribution in [-0.2, 0) is 0 Å². The number of fused-ring (bicyclic) bond motifs is 3. The zero-order valence-corrected chi connectivity index (χ0v) is 12.6. The summed E-state index contributed by atoms with van der Waals surface area (Å²) in [5, 5.41) is 7.64. The summed E-state index contributed by atoms with van der Waals surface area (Å²) in [7, 11) is 0. The van der Waals surface area contributed by atoms with E-state index in [1.807, 2.05) is 18.3 Å². The predicted molar refractivity (Wildman–Crippen MR) is 85.9 cm³/mol. The Hall–Kier alpha value is -2.63. The molecule has 6 heteroatoms. The van der Waals surface area contributed by atoms with E-state index in [9.17, 15) is 4.79 Å². The molecule has 0 aliphatic carbocycles. The van der Waals surface area contributed by atoms with Crippen LogP contribution in [-0.4, -0.2) is 43.1 Å². The molecule has 2 unspecified atom stereocenters. The minimum atomic E-state index is 0.148. The van der Waals surface area contributed by atoms with Crippen LogP contribution >= 0.6 is 0 Å². The van der Waals surface area contributed by atoms with Crippen molar-refractivity contribution in [1.82, 2.24) is 25.1 Å². The van der Waals surface area contributed by atoms with Crippen LogP contribution in [0.15, 0.2) is 30.7 Å². The minimum Gasteiger partial charge on any atom is -0.345 e. The highest BCUT2D eigenvalue weighted by molar-refractivity contribution is 6.06. The van der Waals surface area contributed by atoms with Crippen LogP contribution in [0.2, 0.25) is 0 Å². The molecule has 23 heavy (non-hydrogen) atoms. The number of aromatic nitrogens is 4. The SMILES string of the molecule is O=C(c1c[nH]c2nc(-c3cn[nH]c3)ccc12)N1C2CCCC1C2. The molecule has 1 amide bonds.